The zero-order valence-electron chi connectivity index (χ0n) is 10.7. The lowest BCUT2D eigenvalue weighted by Gasteiger charge is -2.28. The number of ether oxygens (including phenoxy) is 1. The molecule has 94 valence electrons. The quantitative estimate of drug-likeness (QED) is 0.794. The topological polar surface area (TPSA) is 21.3 Å². The van der Waals surface area contributed by atoms with Crippen molar-refractivity contribution in [3.63, 3.8) is 0 Å². The van der Waals surface area contributed by atoms with Crippen molar-refractivity contribution in [2.24, 2.45) is 11.8 Å². The lowest BCUT2D eigenvalue weighted by atomic mass is 9.81. The van der Waals surface area contributed by atoms with Crippen LogP contribution in [0.3, 0.4) is 0 Å². The van der Waals surface area contributed by atoms with Gasteiger partial charge in [-0.1, -0.05) is 26.2 Å². The highest BCUT2D eigenvalue weighted by molar-refractivity contribution is 4.74. The van der Waals surface area contributed by atoms with E-state index in [1.165, 1.54) is 51.5 Å². The number of nitrogens with one attached hydrogen (secondary N) is 1. The van der Waals surface area contributed by atoms with E-state index in [-0.39, 0.29) is 0 Å². The lowest BCUT2D eigenvalue weighted by Crippen LogP contribution is -2.36. The summed E-state index contributed by atoms with van der Waals surface area (Å²) < 4.78 is 5.37. The van der Waals surface area contributed by atoms with Gasteiger partial charge >= 0.3 is 0 Å². The Bertz CT molecular complexity index is 189. The maximum absolute atomic E-state index is 5.37. The highest BCUT2D eigenvalue weighted by Crippen LogP contribution is 2.30. The van der Waals surface area contributed by atoms with E-state index in [0.29, 0.717) is 0 Å². The van der Waals surface area contributed by atoms with E-state index in [2.05, 4.69) is 12.2 Å². The van der Waals surface area contributed by atoms with E-state index in [1.807, 2.05) is 0 Å². The first-order valence-corrected chi connectivity index (χ1v) is 7.15. The molecule has 1 aliphatic carbocycles. The molecule has 2 aliphatic rings. The molecule has 0 aromatic rings. The molecule has 16 heavy (non-hydrogen) atoms. The predicted molar refractivity (Wildman–Crippen MR) is 67.6 cm³/mol. The monoisotopic (exact) mass is 225 g/mol. The first kappa shape index (κ1) is 12.4. The summed E-state index contributed by atoms with van der Waals surface area (Å²) in [5.74, 6) is 1.97. The van der Waals surface area contributed by atoms with Crippen LogP contribution >= 0.6 is 0 Å². The van der Waals surface area contributed by atoms with E-state index < -0.39 is 0 Å². The lowest BCUT2D eigenvalue weighted by molar-refractivity contribution is 0.0774. The molecule has 2 nitrogen and oxygen atoms in total. The van der Waals surface area contributed by atoms with Gasteiger partial charge in [-0.15, -0.1) is 0 Å². The minimum absolute atomic E-state index is 0.731. The second-order valence-corrected chi connectivity index (χ2v) is 5.77. The Labute approximate surface area is 100 Å². The van der Waals surface area contributed by atoms with Crippen LogP contribution in [0.15, 0.2) is 0 Å². The summed E-state index contributed by atoms with van der Waals surface area (Å²) in [5.41, 5.74) is 0. The standard InChI is InChI=1S/C14H27NO/c1-12-3-2-4-13(11-12)5-8-15-14-6-9-16-10-7-14/h12-15H,2-11H2,1H3. The Morgan fingerprint density at radius 1 is 1.12 bits per heavy atom. The first-order valence-electron chi connectivity index (χ1n) is 7.15. The molecule has 0 radical (unpaired) electrons. The molecule has 1 aliphatic heterocycles. The number of hydrogen-bond donors (Lipinski definition) is 1. The molecule has 0 aromatic carbocycles. The van der Waals surface area contributed by atoms with Gasteiger partial charge in [-0.25, -0.2) is 0 Å². The smallest absolute Gasteiger partial charge is 0.0480 e. The third kappa shape index (κ3) is 4.06. The van der Waals surface area contributed by atoms with E-state index in [1.54, 1.807) is 0 Å². The molecule has 1 heterocycles. The van der Waals surface area contributed by atoms with Crippen molar-refractivity contribution in [3.8, 4) is 0 Å². The molecule has 2 rings (SSSR count). The molecule has 0 spiro atoms. The Morgan fingerprint density at radius 3 is 2.69 bits per heavy atom. The number of hydrogen-bond acceptors (Lipinski definition) is 2. The molecule has 0 amide bonds. The molecule has 1 N–H and O–H groups in total. The van der Waals surface area contributed by atoms with Crippen LogP contribution in [-0.2, 0) is 4.74 Å². The summed E-state index contributed by atoms with van der Waals surface area (Å²) in [7, 11) is 0. The molecule has 2 heteroatoms. The maximum Gasteiger partial charge on any atom is 0.0480 e. The zero-order chi connectivity index (χ0) is 11.2. The third-order valence-corrected chi connectivity index (χ3v) is 4.25. The Hall–Kier alpha value is -0.0800. The fourth-order valence-electron chi connectivity index (χ4n) is 3.22. The number of rotatable bonds is 4. The summed E-state index contributed by atoms with van der Waals surface area (Å²) in [6, 6.07) is 0.731. The largest absolute Gasteiger partial charge is 0.381 e. The fraction of sp³-hybridized carbons (Fsp3) is 1.00. The summed E-state index contributed by atoms with van der Waals surface area (Å²) in [6.45, 7) is 5.55. The van der Waals surface area contributed by atoms with Crippen molar-refractivity contribution >= 4 is 0 Å². The van der Waals surface area contributed by atoms with Crippen molar-refractivity contribution < 1.29 is 4.74 Å². The van der Waals surface area contributed by atoms with Crippen molar-refractivity contribution in [1.82, 2.24) is 5.32 Å². The summed E-state index contributed by atoms with van der Waals surface area (Å²) in [4.78, 5) is 0. The summed E-state index contributed by atoms with van der Waals surface area (Å²) in [6.07, 6.45) is 9.67. The molecule has 2 atom stereocenters. The van der Waals surface area contributed by atoms with Gasteiger partial charge in [-0.2, -0.15) is 0 Å². The van der Waals surface area contributed by atoms with E-state index in [0.717, 1.165) is 31.1 Å². The first-order chi connectivity index (χ1) is 7.84. The van der Waals surface area contributed by atoms with Gasteiger partial charge in [-0.05, 0) is 44.1 Å². The molecule has 2 fully saturated rings. The van der Waals surface area contributed by atoms with Gasteiger partial charge in [0.25, 0.3) is 0 Å². The van der Waals surface area contributed by atoms with Crippen LogP contribution in [0.1, 0.15) is 51.9 Å². The summed E-state index contributed by atoms with van der Waals surface area (Å²) in [5, 5.41) is 3.70. The van der Waals surface area contributed by atoms with Crippen LogP contribution in [0.4, 0.5) is 0 Å². The molecule has 0 aromatic heterocycles. The van der Waals surface area contributed by atoms with E-state index in [9.17, 15) is 0 Å². The van der Waals surface area contributed by atoms with Crippen LogP contribution in [0, 0.1) is 11.8 Å². The molecular formula is C14H27NO. The van der Waals surface area contributed by atoms with Crippen LogP contribution in [0.5, 0.6) is 0 Å². The van der Waals surface area contributed by atoms with Crippen molar-refractivity contribution in [3.05, 3.63) is 0 Å². The van der Waals surface area contributed by atoms with E-state index in [4.69, 9.17) is 4.74 Å². The van der Waals surface area contributed by atoms with Crippen LogP contribution < -0.4 is 5.32 Å². The van der Waals surface area contributed by atoms with E-state index >= 15 is 0 Å². The van der Waals surface area contributed by atoms with Gasteiger partial charge in [0.2, 0.25) is 0 Å². The van der Waals surface area contributed by atoms with Gasteiger partial charge in [0, 0.05) is 19.3 Å². The van der Waals surface area contributed by atoms with Gasteiger partial charge in [0.15, 0.2) is 0 Å². The van der Waals surface area contributed by atoms with Gasteiger partial charge in [0.1, 0.15) is 0 Å². The average molecular weight is 225 g/mol. The Balaban J connectivity index is 1.56. The van der Waals surface area contributed by atoms with Crippen LogP contribution in [0.25, 0.3) is 0 Å². The normalized spacial score (nSPS) is 32.8. The van der Waals surface area contributed by atoms with Gasteiger partial charge < -0.3 is 10.1 Å². The van der Waals surface area contributed by atoms with Crippen molar-refractivity contribution in [2.75, 3.05) is 19.8 Å². The Kier molecular flexibility index (Phi) is 5.11. The minimum Gasteiger partial charge on any atom is -0.381 e. The van der Waals surface area contributed by atoms with Crippen molar-refractivity contribution in [1.29, 1.82) is 0 Å². The molecular weight excluding hydrogens is 198 g/mol. The molecule has 1 saturated heterocycles. The minimum atomic E-state index is 0.731. The second-order valence-electron chi connectivity index (χ2n) is 5.77. The summed E-state index contributed by atoms with van der Waals surface area (Å²) >= 11 is 0. The van der Waals surface area contributed by atoms with Crippen LogP contribution in [0.2, 0.25) is 0 Å². The molecule has 2 unspecified atom stereocenters. The fourth-order valence-corrected chi connectivity index (χ4v) is 3.22. The van der Waals surface area contributed by atoms with Gasteiger partial charge in [-0.3, -0.25) is 0 Å². The Morgan fingerprint density at radius 2 is 1.94 bits per heavy atom. The third-order valence-electron chi connectivity index (χ3n) is 4.25. The maximum atomic E-state index is 5.37. The highest BCUT2D eigenvalue weighted by atomic mass is 16.5. The predicted octanol–water partition coefficient (Wildman–Crippen LogP) is 2.97. The average Bonchev–Trinajstić information content (AvgIpc) is 2.30. The SMILES string of the molecule is CC1CCCC(CCNC2CCOCC2)C1. The van der Waals surface area contributed by atoms with Gasteiger partial charge in [0.05, 0.1) is 0 Å². The highest BCUT2D eigenvalue weighted by Gasteiger charge is 2.19. The second kappa shape index (κ2) is 6.61. The molecule has 0 bridgehead atoms. The van der Waals surface area contributed by atoms with Crippen molar-refractivity contribution in [2.45, 2.75) is 57.9 Å². The zero-order valence-corrected chi connectivity index (χ0v) is 10.7. The molecule has 1 saturated carbocycles. The van der Waals surface area contributed by atoms with Crippen LogP contribution in [-0.4, -0.2) is 25.8 Å².